The molecule has 0 aliphatic carbocycles. The number of nitrogens with zero attached hydrogens (tertiary/aromatic N) is 6. The van der Waals surface area contributed by atoms with Crippen LogP contribution in [0.3, 0.4) is 0 Å². The number of amides is 1. The van der Waals surface area contributed by atoms with Crippen LogP contribution in [0.25, 0.3) is 0 Å². The number of hydrogen-bond acceptors (Lipinski definition) is 10. The first-order valence-electron chi connectivity index (χ1n) is 7.74. The van der Waals surface area contributed by atoms with Gasteiger partial charge in [0, 0.05) is 23.0 Å². The minimum absolute atomic E-state index is 0.297. The van der Waals surface area contributed by atoms with E-state index in [1.165, 1.54) is 41.6 Å². The van der Waals surface area contributed by atoms with Gasteiger partial charge in [0.05, 0.1) is 12.7 Å². The topological polar surface area (TPSA) is 122 Å². The highest BCUT2D eigenvalue weighted by atomic mass is 32.2. The molecule has 0 fully saturated rings. The Bertz CT molecular complexity index is 964. The van der Waals surface area contributed by atoms with Crippen molar-refractivity contribution in [3.8, 4) is 0 Å². The number of thioether (sulfide) groups is 1. The number of aliphatic imine (C=N–C) groups is 1. The van der Waals surface area contributed by atoms with Gasteiger partial charge < -0.3 is 0 Å². The summed E-state index contributed by atoms with van der Waals surface area (Å²) >= 11 is 4.13. The maximum Gasteiger partial charge on any atom is 0.277 e. The summed E-state index contributed by atoms with van der Waals surface area (Å²) in [6, 6.07) is 3.66. The van der Waals surface area contributed by atoms with Gasteiger partial charge in [-0.15, -0.1) is 0 Å². The predicted molar refractivity (Wildman–Crippen MR) is 103 cm³/mol. The number of carbonyl (C=O) groups excluding carboxylic acids is 1. The number of pyridine rings is 1. The minimum atomic E-state index is -0.311. The predicted octanol–water partition coefficient (Wildman–Crippen LogP) is 2.12. The van der Waals surface area contributed by atoms with E-state index >= 15 is 0 Å². The van der Waals surface area contributed by atoms with Crippen molar-refractivity contribution in [1.29, 1.82) is 0 Å². The fourth-order valence-corrected chi connectivity index (χ4v) is 4.31. The van der Waals surface area contributed by atoms with Crippen LogP contribution in [0, 0.1) is 0 Å². The van der Waals surface area contributed by atoms with Crippen molar-refractivity contribution in [2.45, 2.75) is 20.1 Å². The molecule has 0 radical (unpaired) electrons. The van der Waals surface area contributed by atoms with Crippen LogP contribution >= 0.6 is 35.3 Å². The first-order chi connectivity index (χ1) is 13.3. The Hall–Kier alpha value is -2.44. The summed E-state index contributed by atoms with van der Waals surface area (Å²) in [7, 11) is 0. The SMILES string of the molecule is O=C(NC1=NCCS1)c1nc(Sc2ncn[nH]2)ccc1Sc1cnccn1. The first-order valence-corrected chi connectivity index (χ1v) is 10.4. The van der Waals surface area contributed by atoms with Gasteiger partial charge in [-0.2, -0.15) is 5.10 Å². The lowest BCUT2D eigenvalue weighted by atomic mass is 10.3. The zero-order valence-electron chi connectivity index (χ0n) is 13.7. The Morgan fingerprint density at radius 3 is 2.89 bits per heavy atom. The van der Waals surface area contributed by atoms with E-state index in [2.05, 4.69) is 40.4 Å². The molecule has 3 aromatic heterocycles. The molecule has 0 spiro atoms. The maximum atomic E-state index is 12.8. The minimum Gasteiger partial charge on any atom is -0.300 e. The van der Waals surface area contributed by atoms with E-state index in [0.29, 0.717) is 37.5 Å². The molecule has 1 amide bonds. The molecule has 0 saturated heterocycles. The van der Waals surface area contributed by atoms with Crippen LogP contribution in [0.5, 0.6) is 0 Å². The summed E-state index contributed by atoms with van der Waals surface area (Å²) in [5.74, 6) is 0.556. The molecular weight excluding hydrogens is 404 g/mol. The first kappa shape index (κ1) is 17.9. The van der Waals surface area contributed by atoms with Crippen LogP contribution in [0.1, 0.15) is 10.5 Å². The Balaban J connectivity index is 1.63. The maximum absolute atomic E-state index is 12.8. The van der Waals surface area contributed by atoms with Crippen LogP contribution in [-0.4, -0.2) is 53.5 Å². The number of hydrogen-bond donors (Lipinski definition) is 2. The van der Waals surface area contributed by atoms with Crippen molar-refractivity contribution >= 4 is 46.4 Å². The summed E-state index contributed by atoms with van der Waals surface area (Å²) in [6.07, 6.45) is 6.26. The molecule has 0 aromatic carbocycles. The number of aromatic amines is 1. The molecule has 9 nitrogen and oxygen atoms in total. The van der Waals surface area contributed by atoms with Gasteiger partial charge in [-0.3, -0.25) is 25.2 Å². The molecule has 2 N–H and O–H groups in total. The normalized spacial score (nSPS) is 13.4. The number of carbonyl (C=O) groups is 1. The van der Waals surface area contributed by atoms with Gasteiger partial charge in [0.1, 0.15) is 22.1 Å². The highest BCUT2D eigenvalue weighted by Crippen LogP contribution is 2.31. The molecule has 1 aliphatic rings. The third-order valence-corrected chi connectivity index (χ3v) is 5.89. The van der Waals surface area contributed by atoms with Crippen molar-refractivity contribution in [3.63, 3.8) is 0 Å². The van der Waals surface area contributed by atoms with Crippen LogP contribution in [-0.2, 0) is 0 Å². The molecule has 12 heteroatoms. The van der Waals surface area contributed by atoms with Gasteiger partial charge in [0.25, 0.3) is 5.91 Å². The molecule has 4 rings (SSSR count). The molecule has 4 heterocycles. The van der Waals surface area contributed by atoms with Crippen molar-refractivity contribution in [2.24, 2.45) is 4.99 Å². The van der Waals surface area contributed by atoms with Gasteiger partial charge in [0.2, 0.25) is 0 Å². The smallest absolute Gasteiger partial charge is 0.277 e. The lowest BCUT2D eigenvalue weighted by molar-refractivity contribution is 0.0969. The highest BCUT2D eigenvalue weighted by Gasteiger charge is 2.19. The number of nitrogens with one attached hydrogen (secondary N) is 2. The van der Waals surface area contributed by atoms with Crippen LogP contribution in [0.15, 0.2) is 62.1 Å². The summed E-state index contributed by atoms with van der Waals surface area (Å²) in [4.78, 5) is 34.6. The van der Waals surface area contributed by atoms with E-state index in [-0.39, 0.29) is 5.91 Å². The molecule has 3 aromatic rings. The average Bonchev–Trinajstić information content (AvgIpc) is 3.38. The van der Waals surface area contributed by atoms with Crippen molar-refractivity contribution in [3.05, 3.63) is 42.7 Å². The van der Waals surface area contributed by atoms with Gasteiger partial charge in [-0.05, 0) is 23.9 Å². The van der Waals surface area contributed by atoms with E-state index < -0.39 is 0 Å². The Labute approximate surface area is 166 Å². The van der Waals surface area contributed by atoms with E-state index in [4.69, 9.17) is 0 Å². The number of rotatable bonds is 5. The zero-order chi connectivity index (χ0) is 18.5. The van der Waals surface area contributed by atoms with E-state index in [0.717, 1.165) is 5.75 Å². The van der Waals surface area contributed by atoms with Crippen molar-refractivity contribution in [2.75, 3.05) is 12.3 Å². The van der Waals surface area contributed by atoms with Crippen LogP contribution < -0.4 is 5.32 Å². The summed E-state index contributed by atoms with van der Waals surface area (Å²) in [5, 5.41) is 11.9. The van der Waals surface area contributed by atoms with Crippen LogP contribution in [0.4, 0.5) is 0 Å². The monoisotopic (exact) mass is 416 g/mol. The van der Waals surface area contributed by atoms with E-state index in [9.17, 15) is 4.79 Å². The Kier molecular flexibility index (Phi) is 5.65. The number of H-pyrrole nitrogens is 1. The quantitative estimate of drug-likeness (QED) is 0.644. The fraction of sp³-hybridized carbons (Fsp3) is 0.133. The standard InChI is InChI=1S/C15H12N8OS3/c24-13(22-14-18-5-6-25-14)12-9(26-11-7-16-3-4-17-11)1-2-10(21-12)27-15-19-8-20-23-15/h1-4,7-8H,5-6H2,(H,18,22,24)(H,19,20,23). The van der Waals surface area contributed by atoms with Gasteiger partial charge in [0.15, 0.2) is 10.3 Å². The zero-order valence-corrected chi connectivity index (χ0v) is 16.1. The molecular formula is C15H12N8OS3. The molecule has 1 aliphatic heterocycles. The third kappa shape index (κ3) is 4.64. The summed E-state index contributed by atoms with van der Waals surface area (Å²) < 4.78 is 0. The second-order valence-electron chi connectivity index (χ2n) is 5.02. The molecule has 0 unspecified atom stereocenters. The van der Waals surface area contributed by atoms with Crippen LogP contribution in [0.2, 0.25) is 0 Å². The summed E-state index contributed by atoms with van der Waals surface area (Å²) in [5.41, 5.74) is 0.297. The van der Waals surface area contributed by atoms with E-state index in [1.807, 2.05) is 12.1 Å². The largest absolute Gasteiger partial charge is 0.300 e. The van der Waals surface area contributed by atoms with E-state index in [1.54, 1.807) is 18.6 Å². The van der Waals surface area contributed by atoms with Crippen molar-refractivity contribution in [1.82, 2.24) is 35.5 Å². The van der Waals surface area contributed by atoms with Gasteiger partial charge in [-0.25, -0.2) is 15.0 Å². The molecule has 0 saturated carbocycles. The average molecular weight is 417 g/mol. The van der Waals surface area contributed by atoms with Gasteiger partial charge >= 0.3 is 0 Å². The molecule has 27 heavy (non-hydrogen) atoms. The molecule has 0 bridgehead atoms. The second kappa shape index (κ2) is 8.50. The Morgan fingerprint density at radius 2 is 2.15 bits per heavy atom. The number of amidine groups is 1. The summed E-state index contributed by atoms with van der Waals surface area (Å²) in [6.45, 7) is 0.705. The number of aromatic nitrogens is 6. The highest BCUT2D eigenvalue weighted by molar-refractivity contribution is 8.14. The lowest BCUT2D eigenvalue weighted by Crippen LogP contribution is -2.28. The Morgan fingerprint density at radius 1 is 1.19 bits per heavy atom. The molecule has 136 valence electrons. The van der Waals surface area contributed by atoms with Crippen molar-refractivity contribution < 1.29 is 4.79 Å². The molecule has 0 atom stereocenters. The third-order valence-electron chi connectivity index (χ3n) is 3.20. The second-order valence-corrected chi connectivity index (χ2v) is 8.18. The lowest BCUT2D eigenvalue weighted by Gasteiger charge is -2.10. The van der Waals surface area contributed by atoms with Gasteiger partial charge in [-0.1, -0.05) is 23.5 Å². The fourth-order valence-electron chi connectivity index (χ4n) is 2.09.